The molecule has 0 radical (unpaired) electrons. The fourth-order valence-corrected chi connectivity index (χ4v) is 5.67. The van der Waals surface area contributed by atoms with Crippen molar-refractivity contribution in [3.63, 3.8) is 0 Å². The first-order valence-corrected chi connectivity index (χ1v) is 15.3. The Morgan fingerprint density at radius 3 is 2.13 bits per heavy atom. The van der Waals surface area contributed by atoms with Crippen molar-refractivity contribution < 1.29 is 8.83 Å². The van der Waals surface area contributed by atoms with E-state index in [4.69, 9.17) is 18.8 Å². The van der Waals surface area contributed by atoms with Gasteiger partial charge >= 0.3 is 0 Å². The van der Waals surface area contributed by atoms with Gasteiger partial charge in [0.25, 0.3) is 0 Å². The van der Waals surface area contributed by atoms with Crippen LogP contribution in [-0.4, -0.2) is 15.0 Å². The number of aromatic nitrogens is 3. The molecule has 0 aliphatic rings. The molecule has 6 heteroatoms. The number of fused-ring (bicyclic) bond motifs is 3. The van der Waals surface area contributed by atoms with Crippen LogP contribution >= 0.6 is 0 Å². The fourth-order valence-electron chi connectivity index (χ4n) is 5.67. The Balaban J connectivity index is 1.15. The second kappa shape index (κ2) is 12.1. The molecule has 47 heavy (non-hydrogen) atoms. The quantitative estimate of drug-likeness (QED) is 0.160. The van der Waals surface area contributed by atoms with Gasteiger partial charge in [-0.2, -0.15) is 0 Å². The monoisotopic (exact) mass is 608 g/mol. The van der Waals surface area contributed by atoms with E-state index in [9.17, 15) is 0 Å². The lowest BCUT2D eigenvalue weighted by atomic mass is 10.0. The zero-order valence-electron chi connectivity index (χ0n) is 25.3. The average molecular weight is 609 g/mol. The van der Waals surface area contributed by atoms with E-state index in [0.717, 1.165) is 61.2 Å². The van der Waals surface area contributed by atoms with Crippen molar-refractivity contribution in [1.29, 1.82) is 0 Å². The first-order chi connectivity index (χ1) is 23.2. The van der Waals surface area contributed by atoms with Crippen LogP contribution in [0.4, 0.5) is 11.4 Å². The van der Waals surface area contributed by atoms with Gasteiger partial charge in [0.1, 0.15) is 16.7 Å². The predicted octanol–water partition coefficient (Wildman–Crippen LogP) is 10.8. The SMILES string of the molecule is C=C/C(=C\C=C\c1nc2ccccc2o1)N(c1ccc(-c2ccccc2)cc1)c1ccc(-c2nc3cc4ccccc4cc3o2)nc1. The second-order valence-corrected chi connectivity index (χ2v) is 11.0. The van der Waals surface area contributed by atoms with Gasteiger partial charge in [0, 0.05) is 17.5 Å². The molecule has 0 saturated carbocycles. The van der Waals surface area contributed by atoms with E-state index in [2.05, 4.69) is 65.0 Å². The Morgan fingerprint density at radius 2 is 1.36 bits per heavy atom. The molecule has 0 atom stereocenters. The second-order valence-electron chi connectivity index (χ2n) is 11.0. The maximum atomic E-state index is 6.15. The van der Waals surface area contributed by atoms with Gasteiger partial charge in [-0.05, 0) is 82.6 Å². The standard InChI is InChI=1S/C41H28N4O2/c1-2-32(15-10-18-40-43-35-16-8-9-17-38(35)46-40)45(33-21-19-29(20-22-33)28-11-4-3-5-12-28)34-23-24-36(42-27-34)41-44-37-25-30-13-6-7-14-31(30)26-39(37)47-41/h2-27H,1H2/b18-10+,32-15+. The minimum atomic E-state index is 0.473. The van der Waals surface area contributed by atoms with Crippen LogP contribution in [0.1, 0.15) is 5.89 Å². The summed E-state index contributed by atoms with van der Waals surface area (Å²) in [5.41, 5.74) is 8.67. The van der Waals surface area contributed by atoms with Gasteiger partial charge in [0.05, 0.1) is 11.9 Å². The molecule has 8 rings (SSSR count). The summed E-state index contributed by atoms with van der Waals surface area (Å²) < 4.78 is 12.0. The zero-order valence-corrected chi connectivity index (χ0v) is 25.3. The summed E-state index contributed by atoms with van der Waals surface area (Å²) in [5, 5.41) is 2.22. The van der Waals surface area contributed by atoms with Crippen molar-refractivity contribution in [2.75, 3.05) is 4.90 Å². The number of anilines is 2. The molecule has 0 aliphatic heterocycles. The van der Waals surface area contributed by atoms with Gasteiger partial charge < -0.3 is 13.7 Å². The van der Waals surface area contributed by atoms with Crippen molar-refractivity contribution >= 4 is 50.4 Å². The van der Waals surface area contributed by atoms with Crippen LogP contribution in [0.5, 0.6) is 0 Å². The van der Waals surface area contributed by atoms with Gasteiger partial charge in [-0.3, -0.25) is 0 Å². The van der Waals surface area contributed by atoms with E-state index in [-0.39, 0.29) is 0 Å². The van der Waals surface area contributed by atoms with Crippen LogP contribution in [0, 0.1) is 0 Å². The molecule has 224 valence electrons. The summed E-state index contributed by atoms with van der Waals surface area (Å²) in [6.07, 6.45) is 9.39. The number of rotatable bonds is 8. The predicted molar refractivity (Wildman–Crippen MR) is 190 cm³/mol. The van der Waals surface area contributed by atoms with Crippen molar-refractivity contribution in [2.45, 2.75) is 0 Å². The topological polar surface area (TPSA) is 68.2 Å². The van der Waals surface area contributed by atoms with E-state index >= 15 is 0 Å². The Bertz CT molecular complexity index is 2330. The van der Waals surface area contributed by atoms with Crippen molar-refractivity contribution in [3.05, 3.63) is 170 Å². The maximum Gasteiger partial charge on any atom is 0.246 e. The third-order valence-corrected chi connectivity index (χ3v) is 8.00. The van der Waals surface area contributed by atoms with E-state index in [1.165, 1.54) is 0 Å². The molecule has 0 unspecified atom stereocenters. The molecular formula is C41H28N4O2. The number of para-hydroxylation sites is 2. The number of hydrogen-bond donors (Lipinski definition) is 0. The van der Waals surface area contributed by atoms with E-state index < -0.39 is 0 Å². The first kappa shape index (κ1) is 28.0. The average Bonchev–Trinajstić information content (AvgIpc) is 3.74. The normalized spacial score (nSPS) is 12.0. The molecule has 0 fully saturated rings. The highest BCUT2D eigenvalue weighted by atomic mass is 16.4. The van der Waals surface area contributed by atoms with Crippen LogP contribution in [-0.2, 0) is 0 Å². The lowest BCUT2D eigenvalue weighted by Gasteiger charge is -2.26. The lowest BCUT2D eigenvalue weighted by Crippen LogP contribution is -2.15. The molecule has 3 aromatic heterocycles. The lowest BCUT2D eigenvalue weighted by molar-refractivity contribution is 0.589. The highest BCUT2D eigenvalue weighted by Crippen LogP contribution is 2.34. The van der Waals surface area contributed by atoms with Gasteiger partial charge in [-0.15, -0.1) is 0 Å². The molecule has 0 spiro atoms. The molecular weight excluding hydrogens is 580 g/mol. The third kappa shape index (κ3) is 5.60. The highest BCUT2D eigenvalue weighted by molar-refractivity contribution is 5.94. The minimum absolute atomic E-state index is 0.473. The first-order valence-electron chi connectivity index (χ1n) is 15.3. The Labute approximate surface area is 271 Å². The molecule has 0 N–H and O–H groups in total. The molecule has 6 nitrogen and oxygen atoms in total. The molecule has 0 amide bonds. The summed E-state index contributed by atoms with van der Waals surface area (Å²) in [6.45, 7) is 4.14. The van der Waals surface area contributed by atoms with Crippen molar-refractivity contribution in [3.8, 4) is 22.7 Å². The van der Waals surface area contributed by atoms with Crippen LogP contribution in [0.3, 0.4) is 0 Å². The summed E-state index contributed by atoms with van der Waals surface area (Å²) >= 11 is 0. The van der Waals surface area contributed by atoms with Crippen LogP contribution in [0.2, 0.25) is 0 Å². The zero-order chi connectivity index (χ0) is 31.6. The van der Waals surface area contributed by atoms with E-state index in [1.54, 1.807) is 0 Å². The van der Waals surface area contributed by atoms with Gasteiger partial charge in [0.2, 0.25) is 11.8 Å². The minimum Gasteiger partial charge on any atom is -0.437 e. The molecule has 5 aromatic carbocycles. The van der Waals surface area contributed by atoms with Gasteiger partial charge in [-0.1, -0.05) is 91.5 Å². The Morgan fingerprint density at radius 1 is 0.638 bits per heavy atom. The highest BCUT2D eigenvalue weighted by Gasteiger charge is 2.16. The summed E-state index contributed by atoms with van der Waals surface area (Å²) in [5.74, 6) is 1.00. The number of allylic oxidation sites excluding steroid dienone is 3. The maximum absolute atomic E-state index is 6.15. The van der Waals surface area contributed by atoms with Gasteiger partial charge in [-0.25, -0.2) is 15.0 Å². The van der Waals surface area contributed by atoms with Gasteiger partial charge in [0.15, 0.2) is 11.2 Å². The third-order valence-electron chi connectivity index (χ3n) is 8.00. The molecule has 8 aromatic rings. The van der Waals surface area contributed by atoms with Crippen LogP contribution in [0.15, 0.2) is 173 Å². The number of nitrogens with zero attached hydrogens (tertiary/aromatic N) is 4. The van der Waals surface area contributed by atoms with Crippen LogP contribution < -0.4 is 4.90 Å². The molecule has 0 saturated heterocycles. The van der Waals surface area contributed by atoms with Crippen molar-refractivity contribution in [2.24, 2.45) is 0 Å². The van der Waals surface area contributed by atoms with Crippen LogP contribution in [0.25, 0.3) is 61.8 Å². The molecule has 0 bridgehead atoms. The number of pyridine rings is 1. The number of benzene rings is 5. The Kier molecular flexibility index (Phi) is 7.21. The smallest absolute Gasteiger partial charge is 0.246 e. The molecule has 0 aliphatic carbocycles. The Hall–Kier alpha value is -6.53. The van der Waals surface area contributed by atoms with E-state index in [1.807, 2.05) is 109 Å². The summed E-state index contributed by atoms with van der Waals surface area (Å²) in [6, 6.07) is 42.7. The fraction of sp³-hybridized carbons (Fsp3) is 0. The van der Waals surface area contributed by atoms with Crippen molar-refractivity contribution in [1.82, 2.24) is 15.0 Å². The van der Waals surface area contributed by atoms with E-state index in [0.29, 0.717) is 17.5 Å². The molecule has 3 heterocycles. The summed E-state index contributed by atoms with van der Waals surface area (Å²) in [7, 11) is 0. The number of hydrogen-bond acceptors (Lipinski definition) is 6. The summed E-state index contributed by atoms with van der Waals surface area (Å²) in [4.78, 5) is 16.2. The largest absolute Gasteiger partial charge is 0.437 e. The number of oxazole rings is 2.